The molecule has 1 saturated heterocycles. The van der Waals surface area contributed by atoms with Crippen LogP contribution < -0.4 is 9.64 Å². The first-order chi connectivity index (χ1) is 11.9. The van der Waals surface area contributed by atoms with Crippen LogP contribution in [-0.4, -0.2) is 41.0 Å². The summed E-state index contributed by atoms with van der Waals surface area (Å²) in [6.07, 6.45) is 3.76. The number of anilines is 1. The van der Waals surface area contributed by atoms with Crippen LogP contribution in [0.25, 0.3) is 0 Å². The van der Waals surface area contributed by atoms with Gasteiger partial charge in [0.2, 0.25) is 0 Å². The standard InChI is InChI=1S/C17H22N4O4/c1-4-24-16-9-14(5-6-15(16)21(22)23)20-7-8-25-17(2,12-20)13-10-18-19(3)11-13/h5-6,9-11H,4,7-8,12H2,1-3H3. The van der Waals surface area contributed by atoms with Gasteiger partial charge in [-0.15, -0.1) is 0 Å². The van der Waals surface area contributed by atoms with Crippen molar-refractivity contribution in [2.45, 2.75) is 19.4 Å². The maximum atomic E-state index is 11.2. The van der Waals surface area contributed by atoms with Crippen molar-refractivity contribution >= 4 is 11.4 Å². The molecule has 1 atom stereocenters. The molecular weight excluding hydrogens is 324 g/mol. The number of aromatic nitrogens is 2. The molecule has 0 N–H and O–H groups in total. The molecule has 134 valence electrons. The highest BCUT2D eigenvalue weighted by Gasteiger charge is 2.35. The number of nitro benzene ring substituents is 1. The molecule has 0 radical (unpaired) electrons. The highest BCUT2D eigenvalue weighted by molar-refractivity contribution is 5.59. The van der Waals surface area contributed by atoms with Gasteiger partial charge in [-0.05, 0) is 19.9 Å². The monoisotopic (exact) mass is 346 g/mol. The summed E-state index contributed by atoms with van der Waals surface area (Å²) in [5.41, 5.74) is 1.38. The van der Waals surface area contributed by atoms with E-state index in [1.54, 1.807) is 16.8 Å². The third-order valence-electron chi connectivity index (χ3n) is 4.40. The quantitative estimate of drug-likeness (QED) is 0.611. The van der Waals surface area contributed by atoms with E-state index in [-0.39, 0.29) is 5.69 Å². The van der Waals surface area contributed by atoms with Crippen molar-refractivity contribution in [3.05, 3.63) is 46.3 Å². The first kappa shape index (κ1) is 17.2. The number of nitrogens with zero attached hydrogens (tertiary/aromatic N) is 4. The van der Waals surface area contributed by atoms with Gasteiger partial charge < -0.3 is 14.4 Å². The van der Waals surface area contributed by atoms with Gasteiger partial charge >= 0.3 is 5.69 Å². The second-order valence-corrected chi connectivity index (χ2v) is 6.25. The minimum absolute atomic E-state index is 0.0196. The van der Waals surface area contributed by atoms with E-state index in [1.165, 1.54) is 6.07 Å². The first-order valence-electron chi connectivity index (χ1n) is 8.22. The fourth-order valence-electron chi connectivity index (χ4n) is 3.08. The highest BCUT2D eigenvalue weighted by atomic mass is 16.6. The second-order valence-electron chi connectivity index (χ2n) is 6.25. The van der Waals surface area contributed by atoms with E-state index < -0.39 is 10.5 Å². The Morgan fingerprint density at radius 2 is 2.28 bits per heavy atom. The molecule has 3 rings (SSSR count). The molecule has 1 aliphatic rings. The fraction of sp³-hybridized carbons (Fsp3) is 0.471. The van der Waals surface area contributed by atoms with Gasteiger partial charge in [-0.3, -0.25) is 14.8 Å². The smallest absolute Gasteiger partial charge is 0.311 e. The molecule has 1 unspecified atom stereocenters. The van der Waals surface area contributed by atoms with Crippen LogP contribution in [0.15, 0.2) is 30.6 Å². The Bertz CT molecular complexity index is 776. The summed E-state index contributed by atoms with van der Waals surface area (Å²) in [5.74, 6) is 0.291. The zero-order chi connectivity index (χ0) is 18.0. The Balaban J connectivity index is 1.88. The molecule has 0 saturated carbocycles. The molecule has 0 amide bonds. The normalized spacial score (nSPS) is 20.5. The summed E-state index contributed by atoms with van der Waals surface area (Å²) in [5, 5.41) is 15.4. The molecule has 1 fully saturated rings. The zero-order valence-corrected chi connectivity index (χ0v) is 14.6. The zero-order valence-electron chi connectivity index (χ0n) is 14.6. The Morgan fingerprint density at radius 1 is 1.48 bits per heavy atom. The summed E-state index contributed by atoms with van der Waals surface area (Å²) in [7, 11) is 1.87. The van der Waals surface area contributed by atoms with Gasteiger partial charge in [0.15, 0.2) is 5.75 Å². The molecule has 1 aromatic heterocycles. The molecule has 0 aliphatic carbocycles. The number of hydrogen-bond donors (Lipinski definition) is 0. The molecule has 8 heteroatoms. The van der Waals surface area contributed by atoms with Crippen LogP contribution >= 0.6 is 0 Å². The number of ether oxygens (including phenoxy) is 2. The van der Waals surface area contributed by atoms with E-state index in [0.717, 1.165) is 11.3 Å². The molecular formula is C17H22N4O4. The lowest BCUT2D eigenvalue weighted by atomic mass is 9.96. The number of aryl methyl sites for hydroxylation is 1. The molecule has 1 aromatic carbocycles. The lowest BCUT2D eigenvalue weighted by molar-refractivity contribution is -0.385. The Morgan fingerprint density at radius 3 is 2.92 bits per heavy atom. The van der Waals surface area contributed by atoms with Crippen LogP contribution in [0.5, 0.6) is 5.75 Å². The maximum absolute atomic E-state index is 11.2. The molecule has 8 nitrogen and oxygen atoms in total. The lowest BCUT2D eigenvalue weighted by Crippen LogP contribution is -2.48. The molecule has 2 heterocycles. The Labute approximate surface area is 146 Å². The van der Waals surface area contributed by atoms with Gasteiger partial charge in [0.1, 0.15) is 5.60 Å². The minimum atomic E-state index is -0.486. The third-order valence-corrected chi connectivity index (χ3v) is 4.40. The van der Waals surface area contributed by atoms with Crippen molar-refractivity contribution in [2.24, 2.45) is 7.05 Å². The van der Waals surface area contributed by atoms with Gasteiger partial charge in [-0.1, -0.05) is 0 Å². The summed E-state index contributed by atoms with van der Waals surface area (Å²) in [6, 6.07) is 4.99. The van der Waals surface area contributed by atoms with Crippen LogP contribution in [-0.2, 0) is 17.4 Å². The van der Waals surface area contributed by atoms with E-state index in [4.69, 9.17) is 9.47 Å². The summed E-state index contributed by atoms with van der Waals surface area (Å²) >= 11 is 0. The summed E-state index contributed by atoms with van der Waals surface area (Å²) in [4.78, 5) is 12.9. The highest BCUT2D eigenvalue weighted by Crippen LogP contribution is 2.35. The van der Waals surface area contributed by atoms with E-state index in [0.29, 0.717) is 32.1 Å². The predicted octanol–water partition coefficient (Wildman–Crippen LogP) is 2.48. The van der Waals surface area contributed by atoms with Crippen LogP contribution in [0, 0.1) is 10.1 Å². The SMILES string of the molecule is CCOc1cc(N2CCOC(C)(c3cnn(C)c3)C2)ccc1[N+](=O)[O-]. The van der Waals surface area contributed by atoms with E-state index >= 15 is 0 Å². The van der Waals surface area contributed by atoms with E-state index in [2.05, 4.69) is 10.00 Å². The third kappa shape index (κ3) is 3.43. The summed E-state index contributed by atoms with van der Waals surface area (Å²) in [6.45, 7) is 6.12. The largest absolute Gasteiger partial charge is 0.487 e. The lowest BCUT2D eigenvalue weighted by Gasteiger charge is -2.41. The van der Waals surface area contributed by atoms with Crippen LogP contribution in [0.3, 0.4) is 0 Å². The van der Waals surface area contributed by atoms with Gasteiger partial charge in [0.05, 0.1) is 30.9 Å². The van der Waals surface area contributed by atoms with Gasteiger partial charge in [-0.25, -0.2) is 0 Å². The van der Waals surface area contributed by atoms with E-state index in [9.17, 15) is 10.1 Å². The summed E-state index contributed by atoms with van der Waals surface area (Å²) < 4.78 is 13.2. The van der Waals surface area contributed by atoms with Crippen LogP contribution in [0.2, 0.25) is 0 Å². The van der Waals surface area contributed by atoms with E-state index in [1.807, 2.05) is 33.3 Å². The number of hydrogen-bond acceptors (Lipinski definition) is 6. The number of benzene rings is 1. The van der Waals surface area contributed by atoms with Crippen molar-refractivity contribution in [1.82, 2.24) is 9.78 Å². The van der Waals surface area contributed by atoms with Crippen molar-refractivity contribution < 1.29 is 14.4 Å². The van der Waals surface area contributed by atoms with Gasteiger partial charge in [0, 0.05) is 43.2 Å². The molecule has 1 aliphatic heterocycles. The first-order valence-corrected chi connectivity index (χ1v) is 8.22. The van der Waals surface area contributed by atoms with Crippen LogP contribution in [0.4, 0.5) is 11.4 Å². The van der Waals surface area contributed by atoms with Crippen LogP contribution in [0.1, 0.15) is 19.4 Å². The predicted molar refractivity (Wildman–Crippen MR) is 93.0 cm³/mol. The van der Waals surface area contributed by atoms with Gasteiger partial charge in [-0.2, -0.15) is 5.10 Å². The molecule has 2 aromatic rings. The molecule has 0 spiro atoms. The molecule has 25 heavy (non-hydrogen) atoms. The Kier molecular flexibility index (Phi) is 4.63. The second kappa shape index (κ2) is 6.72. The molecule has 0 bridgehead atoms. The minimum Gasteiger partial charge on any atom is -0.487 e. The average molecular weight is 346 g/mol. The number of morpholine rings is 1. The number of nitro groups is 1. The van der Waals surface area contributed by atoms with Gasteiger partial charge in [0.25, 0.3) is 0 Å². The topological polar surface area (TPSA) is 82.7 Å². The van der Waals surface area contributed by atoms with Crippen molar-refractivity contribution in [3.63, 3.8) is 0 Å². The fourth-order valence-corrected chi connectivity index (χ4v) is 3.08. The van der Waals surface area contributed by atoms with Crippen molar-refractivity contribution in [1.29, 1.82) is 0 Å². The number of rotatable bonds is 5. The average Bonchev–Trinajstić information content (AvgIpc) is 3.02. The van der Waals surface area contributed by atoms with Crippen molar-refractivity contribution in [3.8, 4) is 5.75 Å². The van der Waals surface area contributed by atoms with Crippen molar-refractivity contribution in [2.75, 3.05) is 31.2 Å². The Hall–Kier alpha value is -2.61. The maximum Gasteiger partial charge on any atom is 0.311 e.